The van der Waals surface area contributed by atoms with Crippen LogP contribution >= 0.6 is 11.8 Å². The molecule has 1 aromatic carbocycles. The van der Waals surface area contributed by atoms with Crippen LogP contribution in [0.1, 0.15) is 28.8 Å². The van der Waals surface area contributed by atoms with Crippen molar-refractivity contribution in [2.45, 2.75) is 25.3 Å². The summed E-state index contributed by atoms with van der Waals surface area (Å²) in [6, 6.07) is 9.58. The van der Waals surface area contributed by atoms with E-state index in [1.165, 1.54) is 12.1 Å². The number of carbonyl (C=O) groups excluding carboxylic acids is 1. The third-order valence-corrected chi connectivity index (χ3v) is 4.17. The molecule has 0 N–H and O–H groups in total. The number of amides is 1. The third-order valence-electron chi connectivity index (χ3n) is 3.60. The molecule has 0 aliphatic rings. The first-order valence-electron chi connectivity index (χ1n) is 7.67. The summed E-state index contributed by atoms with van der Waals surface area (Å²) in [5.74, 6) is 1.22. The molecule has 0 aliphatic carbocycles. The van der Waals surface area contributed by atoms with Gasteiger partial charge in [-0.15, -0.1) is 0 Å². The number of halogens is 1. The summed E-state index contributed by atoms with van der Waals surface area (Å²) in [6.45, 7) is 2.57. The monoisotopic (exact) mass is 351 g/mol. The van der Waals surface area contributed by atoms with Crippen molar-refractivity contribution in [2.24, 2.45) is 0 Å². The Balaban J connectivity index is 2.22. The van der Waals surface area contributed by atoms with Gasteiger partial charge in [0.25, 0.3) is 5.91 Å². The summed E-state index contributed by atoms with van der Waals surface area (Å²) in [5, 5.41) is 0. The zero-order chi connectivity index (χ0) is 17.5. The number of ether oxygens (including phenoxy) is 1. The molecular formula is C18H22FNO3S. The van der Waals surface area contributed by atoms with Gasteiger partial charge in [-0.25, -0.2) is 4.39 Å². The zero-order valence-corrected chi connectivity index (χ0v) is 14.9. The van der Waals surface area contributed by atoms with E-state index < -0.39 is 0 Å². The first kappa shape index (κ1) is 18.5. The molecule has 24 heavy (non-hydrogen) atoms. The van der Waals surface area contributed by atoms with Gasteiger partial charge in [0, 0.05) is 13.7 Å². The van der Waals surface area contributed by atoms with Crippen molar-refractivity contribution < 1.29 is 18.3 Å². The Morgan fingerprint density at radius 1 is 1.38 bits per heavy atom. The van der Waals surface area contributed by atoms with Crippen molar-refractivity contribution in [3.63, 3.8) is 0 Å². The van der Waals surface area contributed by atoms with Crippen molar-refractivity contribution in [3.8, 4) is 0 Å². The van der Waals surface area contributed by atoms with E-state index in [2.05, 4.69) is 0 Å². The van der Waals surface area contributed by atoms with Crippen molar-refractivity contribution in [1.82, 2.24) is 4.90 Å². The van der Waals surface area contributed by atoms with Gasteiger partial charge in [-0.05, 0) is 43.0 Å². The van der Waals surface area contributed by atoms with Crippen LogP contribution in [0, 0.1) is 5.82 Å². The quantitative estimate of drug-likeness (QED) is 0.722. The van der Waals surface area contributed by atoms with E-state index in [1.807, 2.05) is 19.2 Å². The molecule has 1 aromatic heterocycles. The molecule has 0 saturated heterocycles. The second-order valence-corrected chi connectivity index (χ2v) is 6.43. The first-order chi connectivity index (χ1) is 11.5. The standard InChI is InChI=1S/C18H22FNO3S/c1-13(11-22-2)20(10-14-5-4-6-15(19)9-14)18(21)17-8-7-16(23-17)12-24-3/h4-9,13H,10-12H2,1-3H3. The lowest BCUT2D eigenvalue weighted by Crippen LogP contribution is -2.40. The summed E-state index contributed by atoms with van der Waals surface area (Å²) in [4.78, 5) is 14.5. The maximum atomic E-state index is 13.4. The Labute approximate surface area is 146 Å². The van der Waals surface area contributed by atoms with Gasteiger partial charge in [-0.1, -0.05) is 12.1 Å². The van der Waals surface area contributed by atoms with Gasteiger partial charge >= 0.3 is 0 Å². The highest BCUT2D eigenvalue weighted by Crippen LogP contribution is 2.18. The minimum absolute atomic E-state index is 0.167. The normalized spacial score (nSPS) is 12.2. The van der Waals surface area contributed by atoms with Crippen LogP contribution in [0.5, 0.6) is 0 Å². The highest BCUT2D eigenvalue weighted by atomic mass is 32.2. The van der Waals surface area contributed by atoms with Crippen molar-refractivity contribution in [1.29, 1.82) is 0 Å². The Hall–Kier alpha value is -1.79. The largest absolute Gasteiger partial charge is 0.455 e. The fraction of sp³-hybridized carbons (Fsp3) is 0.389. The van der Waals surface area contributed by atoms with E-state index in [0.717, 1.165) is 11.3 Å². The van der Waals surface area contributed by atoms with Crippen LogP contribution in [0.2, 0.25) is 0 Å². The predicted molar refractivity (Wildman–Crippen MR) is 93.5 cm³/mol. The van der Waals surface area contributed by atoms with Crippen LogP contribution in [-0.4, -0.2) is 36.8 Å². The minimum Gasteiger partial charge on any atom is -0.455 e. The highest BCUT2D eigenvalue weighted by molar-refractivity contribution is 7.97. The number of furan rings is 1. The average Bonchev–Trinajstić information content (AvgIpc) is 3.01. The van der Waals surface area contributed by atoms with E-state index >= 15 is 0 Å². The fourth-order valence-corrected chi connectivity index (χ4v) is 2.88. The second-order valence-electron chi connectivity index (χ2n) is 5.57. The molecule has 0 saturated carbocycles. The number of carbonyl (C=O) groups is 1. The summed E-state index contributed by atoms with van der Waals surface area (Å²) in [5.41, 5.74) is 0.724. The number of hydrogen-bond acceptors (Lipinski definition) is 4. The van der Waals surface area contributed by atoms with Crippen molar-refractivity contribution >= 4 is 17.7 Å². The maximum Gasteiger partial charge on any atom is 0.290 e. The minimum atomic E-state index is -0.320. The molecule has 1 amide bonds. The second kappa shape index (κ2) is 8.89. The molecule has 0 aliphatic heterocycles. The first-order valence-corrected chi connectivity index (χ1v) is 9.06. The van der Waals surface area contributed by atoms with Gasteiger partial charge in [0.15, 0.2) is 5.76 Å². The number of rotatable bonds is 8. The van der Waals surface area contributed by atoms with E-state index in [0.29, 0.717) is 24.7 Å². The van der Waals surface area contributed by atoms with Crippen molar-refractivity contribution in [3.05, 3.63) is 59.3 Å². The van der Waals surface area contributed by atoms with Crippen LogP contribution in [-0.2, 0) is 17.0 Å². The smallest absolute Gasteiger partial charge is 0.290 e. The molecular weight excluding hydrogens is 329 g/mol. The topological polar surface area (TPSA) is 42.7 Å². The van der Waals surface area contributed by atoms with Crippen molar-refractivity contribution in [2.75, 3.05) is 20.0 Å². The molecule has 0 bridgehead atoms. The van der Waals surface area contributed by atoms with E-state index in [-0.39, 0.29) is 17.8 Å². The molecule has 6 heteroatoms. The van der Waals surface area contributed by atoms with E-state index in [9.17, 15) is 9.18 Å². The summed E-state index contributed by atoms with van der Waals surface area (Å²) < 4.78 is 24.2. The van der Waals surface area contributed by atoms with E-state index in [1.54, 1.807) is 42.0 Å². The SMILES string of the molecule is COCC(C)N(Cc1cccc(F)c1)C(=O)c1ccc(CSC)o1. The molecule has 0 spiro atoms. The number of methoxy groups -OCH3 is 1. The van der Waals surface area contributed by atoms with Crippen LogP contribution in [0.25, 0.3) is 0 Å². The molecule has 2 aromatic rings. The van der Waals surface area contributed by atoms with Gasteiger partial charge in [-0.3, -0.25) is 4.79 Å². The lowest BCUT2D eigenvalue weighted by atomic mass is 10.1. The molecule has 2 rings (SSSR count). The number of hydrogen-bond donors (Lipinski definition) is 0. The van der Waals surface area contributed by atoms with Crippen LogP contribution < -0.4 is 0 Å². The Kier molecular flexibility index (Phi) is 6.87. The summed E-state index contributed by atoms with van der Waals surface area (Å²) >= 11 is 1.63. The maximum absolute atomic E-state index is 13.4. The lowest BCUT2D eigenvalue weighted by Gasteiger charge is -2.28. The Morgan fingerprint density at radius 2 is 2.17 bits per heavy atom. The highest BCUT2D eigenvalue weighted by Gasteiger charge is 2.24. The summed E-state index contributed by atoms with van der Waals surface area (Å²) in [7, 11) is 1.59. The number of thioether (sulfide) groups is 1. The Bertz CT molecular complexity index is 674. The fourth-order valence-electron chi connectivity index (χ4n) is 2.45. The van der Waals surface area contributed by atoms with Crippen LogP contribution in [0.3, 0.4) is 0 Å². The predicted octanol–water partition coefficient (Wildman–Crippen LogP) is 3.96. The summed E-state index contributed by atoms with van der Waals surface area (Å²) in [6.07, 6.45) is 1.97. The molecule has 1 heterocycles. The molecule has 1 unspecified atom stereocenters. The van der Waals surface area contributed by atoms with Gasteiger partial charge in [0.05, 0.1) is 18.4 Å². The average molecular weight is 351 g/mol. The molecule has 0 radical (unpaired) electrons. The molecule has 4 nitrogen and oxygen atoms in total. The Morgan fingerprint density at radius 3 is 2.83 bits per heavy atom. The molecule has 1 atom stereocenters. The third kappa shape index (κ3) is 4.85. The van der Waals surface area contributed by atoms with E-state index in [4.69, 9.17) is 9.15 Å². The molecule has 130 valence electrons. The molecule has 0 fully saturated rings. The van der Waals surface area contributed by atoms with Gasteiger partial charge in [0.1, 0.15) is 11.6 Å². The zero-order valence-electron chi connectivity index (χ0n) is 14.1. The van der Waals surface area contributed by atoms with Crippen LogP contribution in [0.15, 0.2) is 40.8 Å². The van der Waals surface area contributed by atoms with Gasteiger partial charge in [0.2, 0.25) is 0 Å². The number of benzene rings is 1. The van der Waals surface area contributed by atoms with Crippen LogP contribution in [0.4, 0.5) is 4.39 Å². The lowest BCUT2D eigenvalue weighted by molar-refractivity contribution is 0.0511. The van der Waals surface area contributed by atoms with Gasteiger partial charge in [-0.2, -0.15) is 11.8 Å². The van der Waals surface area contributed by atoms with Gasteiger partial charge < -0.3 is 14.1 Å². The number of nitrogens with zero attached hydrogens (tertiary/aromatic N) is 1.